The summed E-state index contributed by atoms with van der Waals surface area (Å²) < 4.78 is 18.1. The van der Waals surface area contributed by atoms with Crippen molar-refractivity contribution in [3.8, 4) is 0 Å². The van der Waals surface area contributed by atoms with Crippen molar-refractivity contribution in [1.82, 2.24) is 24.7 Å². The van der Waals surface area contributed by atoms with Gasteiger partial charge in [-0.1, -0.05) is 0 Å². The first-order chi connectivity index (χ1) is 18.1. The van der Waals surface area contributed by atoms with E-state index < -0.39 is 23.9 Å². The minimum absolute atomic E-state index is 0.111. The van der Waals surface area contributed by atoms with Crippen LogP contribution in [0.25, 0.3) is 11.0 Å². The van der Waals surface area contributed by atoms with Gasteiger partial charge in [-0.25, -0.2) is 14.6 Å². The van der Waals surface area contributed by atoms with E-state index in [1.807, 2.05) is 44.7 Å². The molecule has 1 aliphatic heterocycles. The Bertz CT molecular complexity index is 1150. The average Bonchev–Trinajstić information content (AvgIpc) is 3.65. The number of methoxy groups -OCH3 is 1. The van der Waals surface area contributed by atoms with Gasteiger partial charge in [0.2, 0.25) is 0 Å². The van der Waals surface area contributed by atoms with Crippen LogP contribution in [0.2, 0.25) is 0 Å². The van der Waals surface area contributed by atoms with E-state index in [9.17, 15) is 14.4 Å². The molecule has 2 fully saturated rings. The van der Waals surface area contributed by atoms with Crippen LogP contribution in [0.4, 0.5) is 9.59 Å². The molecule has 2 aromatic heterocycles. The molecule has 3 amide bonds. The smallest absolute Gasteiger partial charge is 0.410 e. The van der Waals surface area contributed by atoms with Gasteiger partial charge in [-0.15, -0.1) is 0 Å². The first kappa shape index (κ1) is 27.7. The fourth-order valence-electron chi connectivity index (χ4n) is 4.81. The lowest BCUT2D eigenvalue weighted by Gasteiger charge is -2.37. The number of aromatic nitrogens is 2. The lowest BCUT2D eigenvalue weighted by atomic mass is 10.1. The summed E-state index contributed by atoms with van der Waals surface area (Å²) in [5.41, 5.74) is 1.23. The van der Waals surface area contributed by atoms with Crippen LogP contribution >= 0.6 is 0 Å². The second-order valence-electron chi connectivity index (χ2n) is 10.9. The number of amides is 3. The third-order valence-electron chi connectivity index (χ3n) is 6.75. The Kier molecular flexibility index (Phi) is 8.44. The number of aryl methyl sites for hydroxylation is 1. The maximum Gasteiger partial charge on any atom is 0.410 e. The number of alkyl carbamates (subject to hydrolysis) is 1. The molecule has 0 spiro atoms. The lowest BCUT2D eigenvalue weighted by Crippen LogP contribution is -2.54. The van der Waals surface area contributed by atoms with Gasteiger partial charge in [0, 0.05) is 49.0 Å². The summed E-state index contributed by atoms with van der Waals surface area (Å²) in [7, 11) is 1.34. The summed E-state index contributed by atoms with van der Waals surface area (Å²) in [5.74, 6) is -0.111. The molecular weight excluding hydrogens is 490 g/mol. The van der Waals surface area contributed by atoms with Crippen LogP contribution < -0.4 is 5.32 Å². The number of rotatable bonds is 8. The molecule has 4 rings (SSSR count). The van der Waals surface area contributed by atoms with Crippen molar-refractivity contribution in [2.75, 3.05) is 33.4 Å². The highest BCUT2D eigenvalue weighted by Crippen LogP contribution is 2.38. The number of morpholine rings is 1. The normalized spacial score (nSPS) is 18.7. The second-order valence-corrected chi connectivity index (χ2v) is 10.9. The third-order valence-corrected chi connectivity index (χ3v) is 6.75. The van der Waals surface area contributed by atoms with Crippen molar-refractivity contribution >= 4 is 29.1 Å². The van der Waals surface area contributed by atoms with Gasteiger partial charge in [0.1, 0.15) is 11.2 Å². The number of nitrogens with one attached hydrogen (secondary N) is 1. The molecule has 11 heteroatoms. The molecule has 0 radical (unpaired) electrons. The Morgan fingerprint density at radius 2 is 2.05 bits per heavy atom. The zero-order valence-electron chi connectivity index (χ0n) is 22.9. The summed E-state index contributed by atoms with van der Waals surface area (Å²) in [6.07, 6.45) is 4.76. The van der Waals surface area contributed by atoms with Crippen LogP contribution in [-0.2, 0) is 25.5 Å². The number of fused-ring (bicyclic) bond motifs is 1. The van der Waals surface area contributed by atoms with Crippen LogP contribution in [0.15, 0.2) is 24.5 Å². The number of carbonyl (C=O) groups excluding carboxylic acids is 3. The molecular formula is C27H39N5O6. The highest BCUT2D eigenvalue weighted by Gasteiger charge is 2.42. The van der Waals surface area contributed by atoms with E-state index in [2.05, 4.69) is 25.8 Å². The van der Waals surface area contributed by atoms with Crippen LogP contribution in [0.1, 0.15) is 58.6 Å². The summed E-state index contributed by atoms with van der Waals surface area (Å²) in [4.78, 5) is 45.9. The topological polar surface area (TPSA) is 115 Å². The molecule has 11 nitrogen and oxygen atoms in total. The number of hydrogen-bond acceptors (Lipinski definition) is 7. The molecule has 3 heterocycles. The van der Waals surface area contributed by atoms with Gasteiger partial charge in [-0.2, -0.15) is 0 Å². The number of ether oxygens (including phenoxy) is 3. The molecule has 0 aromatic carbocycles. The van der Waals surface area contributed by atoms with E-state index in [4.69, 9.17) is 9.47 Å². The summed E-state index contributed by atoms with van der Waals surface area (Å²) in [6.45, 7) is 9.48. The van der Waals surface area contributed by atoms with Gasteiger partial charge >= 0.3 is 12.2 Å². The molecule has 1 aliphatic carbocycles. The zero-order chi connectivity index (χ0) is 27.4. The van der Waals surface area contributed by atoms with Crippen LogP contribution in [0.3, 0.4) is 0 Å². The van der Waals surface area contributed by atoms with E-state index in [0.29, 0.717) is 26.1 Å². The van der Waals surface area contributed by atoms with Crippen molar-refractivity contribution in [2.24, 2.45) is 0 Å². The van der Waals surface area contributed by atoms with E-state index in [1.54, 1.807) is 11.1 Å². The third kappa shape index (κ3) is 6.56. The maximum absolute atomic E-state index is 13.8. The molecule has 208 valence electrons. The Morgan fingerprint density at radius 3 is 2.74 bits per heavy atom. The molecule has 38 heavy (non-hydrogen) atoms. The summed E-state index contributed by atoms with van der Waals surface area (Å²) in [5, 5.41) is 3.68. The molecule has 1 saturated heterocycles. The minimum Gasteiger partial charge on any atom is -0.453 e. The van der Waals surface area contributed by atoms with E-state index >= 15 is 0 Å². The van der Waals surface area contributed by atoms with Crippen molar-refractivity contribution < 1.29 is 28.6 Å². The van der Waals surface area contributed by atoms with Gasteiger partial charge in [0.15, 0.2) is 6.10 Å². The zero-order valence-corrected chi connectivity index (χ0v) is 22.9. The molecule has 1 N–H and O–H groups in total. The van der Waals surface area contributed by atoms with Crippen molar-refractivity contribution in [1.29, 1.82) is 0 Å². The van der Waals surface area contributed by atoms with Gasteiger partial charge in [-0.3, -0.25) is 4.79 Å². The molecule has 1 unspecified atom stereocenters. The van der Waals surface area contributed by atoms with Crippen LogP contribution in [0, 0.1) is 0 Å². The Labute approximate surface area is 223 Å². The molecule has 2 aromatic rings. The predicted octanol–water partition coefficient (Wildman–Crippen LogP) is 3.47. The lowest BCUT2D eigenvalue weighted by molar-refractivity contribution is -0.151. The average molecular weight is 530 g/mol. The number of hydrogen-bond donors (Lipinski definition) is 1. The quantitative estimate of drug-likeness (QED) is 0.521. The number of pyridine rings is 1. The first-order valence-corrected chi connectivity index (χ1v) is 13.3. The highest BCUT2D eigenvalue weighted by atomic mass is 16.6. The SMILES string of the molecule is COC(=O)NCCCn1cc(C(C)N(C(=O)[C@H]2CN(C(=O)OC(C)(C)C)CCO2)C2CC2)c2cccnc21. The first-order valence-electron chi connectivity index (χ1n) is 13.3. The van der Waals surface area contributed by atoms with E-state index in [1.165, 1.54) is 7.11 Å². The van der Waals surface area contributed by atoms with Crippen molar-refractivity contribution in [3.63, 3.8) is 0 Å². The van der Waals surface area contributed by atoms with Gasteiger partial charge in [-0.05, 0) is 59.1 Å². The number of nitrogens with zero attached hydrogens (tertiary/aromatic N) is 4. The number of carbonyl (C=O) groups is 3. The van der Waals surface area contributed by atoms with Gasteiger partial charge in [0.05, 0.1) is 26.3 Å². The maximum atomic E-state index is 13.8. The largest absolute Gasteiger partial charge is 0.453 e. The predicted molar refractivity (Wildman–Crippen MR) is 141 cm³/mol. The van der Waals surface area contributed by atoms with Crippen molar-refractivity contribution in [2.45, 2.75) is 77.3 Å². The molecule has 2 aliphatic rings. The van der Waals surface area contributed by atoms with Crippen LogP contribution in [0.5, 0.6) is 0 Å². The fraction of sp³-hybridized carbons (Fsp3) is 0.630. The summed E-state index contributed by atoms with van der Waals surface area (Å²) >= 11 is 0. The molecule has 2 atom stereocenters. The van der Waals surface area contributed by atoms with Gasteiger partial charge < -0.3 is 33.9 Å². The minimum atomic E-state index is -0.741. The Hall–Kier alpha value is -3.34. The van der Waals surface area contributed by atoms with Gasteiger partial charge in [0.25, 0.3) is 5.91 Å². The van der Waals surface area contributed by atoms with E-state index in [0.717, 1.165) is 29.4 Å². The Balaban J connectivity index is 1.51. The Morgan fingerprint density at radius 1 is 1.29 bits per heavy atom. The van der Waals surface area contributed by atoms with E-state index in [-0.39, 0.29) is 31.1 Å². The second kappa shape index (κ2) is 11.6. The molecule has 1 saturated carbocycles. The summed E-state index contributed by atoms with van der Waals surface area (Å²) in [6, 6.07) is 3.84. The monoisotopic (exact) mass is 529 g/mol. The molecule has 0 bridgehead atoms. The van der Waals surface area contributed by atoms with Crippen molar-refractivity contribution in [3.05, 3.63) is 30.1 Å². The fourth-order valence-corrected chi connectivity index (χ4v) is 4.81. The highest BCUT2D eigenvalue weighted by molar-refractivity contribution is 5.85. The van der Waals surface area contributed by atoms with Crippen LogP contribution in [-0.4, -0.2) is 88.5 Å². The standard InChI is InChI=1S/C27H39N5O6/c1-18(21-16-30(13-7-12-29-25(34)36-5)23-20(21)8-6-11-28-23)32(19-9-10-19)24(33)22-17-31(14-15-37-22)26(35)38-27(2,3)4/h6,8,11,16,18-19,22H,7,9-10,12-15,17H2,1-5H3,(H,29,34)/t18?,22-/m1/s1.